The number of rotatable bonds is 10. The van der Waals surface area contributed by atoms with E-state index in [0.717, 1.165) is 58.4 Å². The van der Waals surface area contributed by atoms with Crippen molar-refractivity contribution < 1.29 is 9.47 Å². The van der Waals surface area contributed by atoms with Gasteiger partial charge >= 0.3 is 0 Å². The lowest BCUT2D eigenvalue weighted by molar-refractivity contribution is -0.00462. The second-order valence-corrected chi connectivity index (χ2v) is 22.6. The van der Waals surface area contributed by atoms with Crippen molar-refractivity contribution in [2.24, 2.45) is 35.5 Å². The SMILES string of the molecule is COc1ccc(N(c2ccccc2)c2cc(C34CC5CC(CC(C5)C3)C4)c3ccc4c(N(c5ccc(C)cc5)c5ccc(OC)cc5)cc(C56CC7CC(CC(C7)C5)C6)c5ccc2c3c45)cc1. The number of hydrogen-bond acceptors (Lipinski definition) is 4. The molecule has 67 heavy (non-hydrogen) atoms. The molecule has 8 aliphatic rings. The molecule has 8 bridgehead atoms. The topological polar surface area (TPSA) is 24.9 Å². The third kappa shape index (κ3) is 6.23. The minimum atomic E-state index is 0.176. The van der Waals surface area contributed by atoms with E-state index in [1.165, 1.54) is 138 Å². The van der Waals surface area contributed by atoms with Gasteiger partial charge in [-0.15, -0.1) is 0 Å². The van der Waals surface area contributed by atoms with Gasteiger partial charge in [0.25, 0.3) is 0 Å². The van der Waals surface area contributed by atoms with E-state index in [1.54, 1.807) is 25.3 Å². The molecule has 0 radical (unpaired) electrons. The van der Waals surface area contributed by atoms with E-state index in [9.17, 15) is 0 Å². The Morgan fingerprint density at radius 3 is 1.07 bits per heavy atom. The first kappa shape index (κ1) is 40.1. The van der Waals surface area contributed by atoms with Crippen molar-refractivity contribution in [3.63, 3.8) is 0 Å². The Bertz CT molecular complexity index is 3100. The Hall–Kier alpha value is -6.00. The van der Waals surface area contributed by atoms with Crippen LogP contribution in [0, 0.1) is 42.4 Å². The van der Waals surface area contributed by atoms with Gasteiger partial charge in [0.15, 0.2) is 0 Å². The van der Waals surface area contributed by atoms with Gasteiger partial charge in [0.2, 0.25) is 0 Å². The normalized spacial score (nSPS) is 27.9. The molecule has 8 aromatic carbocycles. The molecule has 4 heteroatoms. The molecule has 8 saturated carbocycles. The fraction of sp³-hybridized carbons (Fsp3) is 0.365. The van der Waals surface area contributed by atoms with Crippen molar-refractivity contribution in [1.82, 2.24) is 0 Å². The van der Waals surface area contributed by atoms with E-state index in [-0.39, 0.29) is 10.8 Å². The van der Waals surface area contributed by atoms with Gasteiger partial charge in [0.05, 0.1) is 25.6 Å². The fourth-order valence-electron chi connectivity index (χ4n) is 16.7. The Morgan fingerprint density at radius 1 is 0.388 bits per heavy atom. The van der Waals surface area contributed by atoms with Gasteiger partial charge in [0, 0.05) is 33.5 Å². The maximum atomic E-state index is 5.76. The Labute approximate surface area is 396 Å². The van der Waals surface area contributed by atoms with Crippen molar-refractivity contribution in [2.75, 3.05) is 24.0 Å². The van der Waals surface area contributed by atoms with Crippen molar-refractivity contribution in [1.29, 1.82) is 0 Å². The second-order valence-electron chi connectivity index (χ2n) is 22.6. The summed E-state index contributed by atoms with van der Waals surface area (Å²) in [6.45, 7) is 2.20. The van der Waals surface area contributed by atoms with Gasteiger partial charge in [-0.25, -0.2) is 0 Å². The summed E-state index contributed by atoms with van der Waals surface area (Å²) < 4.78 is 11.5. The highest BCUT2D eigenvalue weighted by molar-refractivity contribution is 6.29. The molecule has 8 fully saturated rings. The summed E-state index contributed by atoms with van der Waals surface area (Å²) in [5.74, 6) is 6.76. The Morgan fingerprint density at radius 2 is 0.716 bits per heavy atom. The minimum Gasteiger partial charge on any atom is -0.497 e. The molecule has 8 aliphatic carbocycles. The van der Waals surface area contributed by atoms with Gasteiger partial charge in [-0.2, -0.15) is 0 Å². The largest absolute Gasteiger partial charge is 0.497 e. The van der Waals surface area contributed by atoms with E-state index in [2.05, 4.69) is 156 Å². The molecule has 8 aromatic rings. The minimum absolute atomic E-state index is 0.176. The third-order valence-corrected chi connectivity index (χ3v) is 18.5. The number of methoxy groups -OCH3 is 2. The lowest BCUT2D eigenvalue weighted by atomic mass is 9.47. The first-order chi connectivity index (χ1) is 32.8. The Balaban J connectivity index is 1.12. The standard InChI is InChI=1S/C63H62N2O2/c1-39-9-11-47(12-10-39)65(49-15-19-51(67-3)20-16-49)59-32-57(63-36-43-28-44(37-63)30-45(29-43)38-63)53-21-23-54-58(64(46-7-5-4-6-8-46)48-13-17-50(66-2)18-14-48)31-56(52-22-24-55(59)61(53)60(52)54)62-33-40-25-41(34-62)27-42(26-40)35-62/h4-24,31-32,40-45H,25-30,33-38H2,1-3H3. The Kier molecular flexibility index (Phi) is 8.98. The number of aryl methyl sites for hydroxylation is 1. The molecule has 0 spiro atoms. The molecule has 0 unspecified atom stereocenters. The monoisotopic (exact) mass is 878 g/mol. The molecule has 16 rings (SSSR count). The highest BCUT2D eigenvalue weighted by atomic mass is 16.5. The summed E-state index contributed by atoms with van der Waals surface area (Å²) in [5.41, 5.74) is 12.1. The molecule has 0 aliphatic heterocycles. The first-order valence-corrected chi connectivity index (χ1v) is 25.6. The summed E-state index contributed by atoms with van der Waals surface area (Å²) in [6, 6.07) is 53.6. The quantitative estimate of drug-likeness (QED) is 0.128. The second kappa shape index (κ2) is 15.0. The van der Waals surface area contributed by atoms with Crippen LogP contribution in [0.2, 0.25) is 0 Å². The van der Waals surface area contributed by atoms with Crippen LogP contribution in [0.15, 0.2) is 140 Å². The van der Waals surface area contributed by atoms with Crippen LogP contribution in [0.4, 0.5) is 34.1 Å². The van der Waals surface area contributed by atoms with E-state index in [0.29, 0.717) is 0 Å². The highest BCUT2D eigenvalue weighted by Crippen LogP contribution is 2.65. The maximum absolute atomic E-state index is 5.76. The van der Waals surface area contributed by atoms with Crippen LogP contribution in [0.3, 0.4) is 0 Å². The summed E-state index contributed by atoms with van der Waals surface area (Å²) >= 11 is 0. The molecule has 0 heterocycles. The van der Waals surface area contributed by atoms with Gasteiger partial charge in [-0.05, 0) is 248 Å². The molecule has 4 nitrogen and oxygen atoms in total. The average Bonchev–Trinajstić information content (AvgIpc) is 3.34. The smallest absolute Gasteiger partial charge is 0.119 e. The molecular weight excluding hydrogens is 817 g/mol. The summed E-state index contributed by atoms with van der Waals surface area (Å²) in [7, 11) is 3.54. The van der Waals surface area contributed by atoms with Crippen LogP contribution in [0.1, 0.15) is 93.7 Å². The van der Waals surface area contributed by atoms with Crippen LogP contribution in [0.25, 0.3) is 32.3 Å². The van der Waals surface area contributed by atoms with Crippen molar-refractivity contribution >= 4 is 66.4 Å². The summed E-state index contributed by atoms with van der Waals surface area (Å²) in [4.78, 5) is 5.13. The number of nitrogens with zero attached hydrogens (tertiary/aromatic N) is 2. The van der Waals surface area contributed by atoms with Crippen LogP contribution in [-0.2, 0) is 10.8 Å². The first-order valence-electron chi connectivity index (χ1n) is 25.6. The third-order valence-electron chi connectivity index (χ3n) is 18.5. The zero-order chi connectivity index (χ0) is 44.6. The van der Waals surface area contributed by atoms with Crippen molar-refractivity contribution in [3.8, 4) is 11.5 Å². The molecule has 0 amide bonds. The van der Waals surface area contributed by atoms with Gasteiger partial charge in [0.1, 0.15) is 11.5 Å². The fourth-order valence-corrected chi connectivity index (χ4v) is 16.7. The van der Waals surface area contributed by atoms with E-state index in [1.807, 2.05) is 0 Å². The summed E-state index contributed by atoms with van der Waals surface area (Å²) in [6.07, 6.45) is 16.5. The van der Waals surface area contributed by atoms with Crippen LogP contribution in [-0.4, -0.2) is 14.2 Å². The van der Waals surface area contributed by atoms with Crippen LogP contribution >= 0.6 is 0 Å². The number of hydrogen-bond donors (Lipinski definition) is 0. The van der Waals surface area contributed by atoms with Crippen molar-refractivity contribution in [3.05, 3.63) is 156 Å². The van der Waals surface area contributed by atoms with E-state index < -0.39 is 0 Å². The lowest BCUT2D eigenvalue weighted by Gasteiger charge is -2.57. The number of anilines is 6. The molecule has 0 aromatic heterocycles. The number of benzene rings is 8. The summed E-state index contributed by atoms with van der Waals surface area (Å²) in [5, 5.41) is 8.56. The average molecular weight is 879 g/mol. The lowest BCUT2D eigenvalue weighted by Crippen LogP contribution is -2.48. The van der Waals surface area contributed by atoms with Gasteiger partial charge < -0.3 is 19.3 Å². The molecule has 0 N–H and O–H groups in total. The van der Waals surface area contributed by atoms with Gasteiger partial charge in [-0.3, -0.25) is 0 Å². The zero-order valence-electron chi connectivity index (χ0n) is 39.4. The zero-order valence-corrected chi connectivity index (χ0v) is 39.4. The molecule has 336 valence electrons. The molecule has 0 atom stereocenters. The number of para-hydroxylation sites is 1. The van der Waals surface area contributed by atoms with Crippen LogP contribution in [0.5, 0.6) is 11.5 Å². The van der Waals surface area contributed by atoms with E-state index in [4.69, 9.17) is 9.47 Å². The van der Waals surface area contributed by atoms with Crippen LogP contribution < -0.4 is 19.3 Å². The van der Waals surface area contributed by atoms with Crippen molar-refractivity contribution in [2.45, 2.75) is 94.8 Å². The molecule has 0 saturated heterocycles. The van der Waals surface area contributed by atoms with E-state index >= 15 is 0 Å². The highest BCUT2D eigenvalue weighted by Gasteiger charge is 2.54. The predicted molar refractivity (Wildman–Crippen MR) is 277 cm³/mol. The predicted octanol–water partition coefficient (Wildman–Crippen LogP) is 16.8. The molecular formula is C63H62N2O2. The number of ether oxygens (including phenoxy) is 2. The maximum Gasteiger partial charge on any atom is 0.119 e. The van der Waals surface area contributed by atoms with Gasteiger partial charge in [-0.1, -0.05) is 60.2 Å².